The Balaban J connectivity index is 1.78. The molecule has 0 radical (unpaired) electrons. The molecule has 0 atom stereocenters. The summed E-state index contributed by atoms with van der Waals surface area (Å²) in [5.74, 6) is 0.560. The van der Waals surface area contributed by atoms with E-state index in [4.69, 9.17) is 0 Å². The normalized spacial score (nSPS) is 21.8. The molecule has 0 aliphatic heterocycles. The van der Waals surface area contributed by atoms with Crippen molar-refractivity contribution in [2.24, 2.45) is 7.05 Å². The fourth-order valence-electron chi connectivity index (χ4n) is 3.07. The second-order valence-corrected chi connectivity index (χ2v) is 7.03. The number of aryl methyl sites for hydroxylation is 1. The number of aromatic nitrogens is 4. The summed E-state index contributed by atoms with van der Waals surface area (Å²) < 4.78 is 1.76. The summed E-state index contributed by atoms with van der Waals surface area (Å²) in [5.41, 5.74) is 0.937. The minimum atomic E-state index is -0.200. The summed E-state index contributed by atoms with van der Waals surface area (Å²) in [6, 6.07) is 1.04. The van der Waals surface area contributed by atoms with Gasteiger partial charge in [0.05, 0.1) is 6.20 Å². The number of fused-ring (bicyclic) bond motifs is 1. The topological polar surface area (TPSA) is 75.9 Å². The first-order valence-corrected chi connectivity index (χ1v) is 8.57. The smallest absolute Gasteiger partial charge is 0.285 e. The van der Waals surface area contributed by atoms with E-state index in [1.165, 1.54) is 17.4 Å². The Morgan fingerprint density at radius 2 is 1.96 bits per heavy atom. The maximum atomic E-state index is 12.0. The van der Waals surface area contributed by atoms with Gasteiger partial charge in [0.1, 0.15) is 5.52 Å². The van der Waals surface area contributed by atoms with Gasteiger partial charge in [-0.2, -0.15) is 4.98 Å². The van der Waals surface area contributed by atoms with Gasteiger partial charge in [0.15, 0.2) is 10.3 Å². The van der Waals surface area contributed by atoms with Crippen molar-refractivity contribution in [1.29, 1.82) is 0 Å². The molecule has 0 spiro atoms. The zero-order chi connectivity index (χ0) is 16.6. The fraction of sp³-hybridized carbons (Fsp3) is 0.600. The summed E-state index contributed by atoms with van der Waals surface area (Å²) in [6.07, 6.45) is 6.19. The van der Waals surface area contributed by atoms with Crippen LogP contribution in [0.2, 0.25) is 0 Å². The number of rotatable bonds is 3. The van der Waals surface area contributed by atoms with Gasteiger partial charge in [-0.3, -0.25) is 9.36 Å². The van der Waals surface area contributed by atoms with Crippen LogP contribution in [0.25, 0.3) is 11.2 Å². The molecule has 0 bridgehead atoms. The summed E-state index contributed by atoms with van der Waals surface area (Å²) in [7, 11) is 5.96. The molecule has 2 aromatic heterocycles. The monoisotopic (exact) mass is 380 g/mol. The Morgan fingerprint density at radius 1 is 1.26 bits per heavy atom. The third kappa shape index (κ3) is 3.37. The van der Waals surface area contributed by atoms with Crippen molar-refractivity contribution in [1.82, 2.24) is 24.4 Å². The minimum Gasteiger partial charge on any atom is -0.351 e. The van der Waals surface area contributed by atoms with Crippen LogP contribution in [-0.2, 0) is 7.05 Å². The van der Waals surface area contributed by atoms with Crippen molar-refractivity contribution in [3.63, 3.8) is 0 Å². The first-order chi connectivity index (χ1) is 11.0. The van der Waals surface area contributed by atoms with E-state index < -0.39 is 0 Å². The average molecular weight is 381 g/mol. The van der Waals surface area contributed by atoms with Gasteiger partial charge in [-0.05, 0) is 55.7 Å². The molecule has 7 nitrogen and oxygen atoms in total. The zero-order valence-electron chi connectivity index (χ0n) is 13.6. The summed E-state index contributed by atoms with van der Waals surface area (Å²) in [6.45, 7) is 0. The first kappa shape index (κ1) is 16.3. The average Bonchev–Trinajstić information content (AvgIpc) is 2.54. The lowest BCUT2D eigenvalue weighted by Gasteiger charge is -2.32. The highest BCUT2D eigenvalue weighted by Crippen LogP contribution is 2.23. The maximum absolute atomic E-state index is 12.0. The van der Waals surface area contributed by atoms with E-state index in [0.717, 1.165) is 12.8 Å². The lowest BCUT2D eigenvalue weighted by atomic mass is 9.91. The Morgan fingerprint density at radius 3 is 2.61 bits per heavy atom. The van der Waals surface area contributed by atoms with Gasteiger partial charge in [-0.1, -0.05) is 0 Å². The standard InChI is InChI=1S/C15H21BrN6O/c1-21(2)10-6-4-9(5-7-10)18-15-17-8-11-13(20-15)22(3)14(23)12(16)19-11/h8-10H,4-7H2,1-3H3,(H,17,18,20). The highest BCUT2D eigenvalue weighted by molar-refractivity contribution is 9.10. The molecule has 1 aliphatic carbocycles. The third-order valence-corrected chi connectivity index (χ3v) is 5.04. The van der Waals surface area contributed by atoms with Crippen molar-refractivity contribution >= 4 is 33.0 Å². The Bertz CT molecular complexity index is 766. The van der Waals surface area contributed by atoms with E-state index in [1.807, 2.05) is 0 Å². The molecule has 0 amide bonds. The summed E-state index contributed by atoms with van der Waals surface area (Å²) in [5, 5.41) is 3.40. The largest absolute Gasteiger partial charge is 0.351 e. The molecule has 2 aromatic rings. The SMILES string of the molecule is CN(C)C1CCC(Nc2ncc3nc(Br)c(=O)n(C)c3n2)CC1. The van der Waals surface area contributed by atoms with Crippen molar-refractivity contribution < 1.29 is 0 Å². The number of hydrogen-bond donors (Lipinski definition) is 1. The highest BCUT2D eigenvalue weighted by Gasteiger charge is 2.23. The van der Waals surface area contributed by atoms with Gasteiger partial charge >= 0.3 is 0 Å². The molecule has 8 heteroatoms. The molecule has 1 fully saturated rings. The van der Waals surface area contributed by atoms with Crippen LogP contribution in [0.1, 0.15) is 25.7 Å². The minimum absolute atomic E-state index is 0.200. The number of nitrogens with one attached hydrogen (secondary N) is 1. The fourth-order valence-corrected chi connectivity index (χ4v) is 3.53. The van der Waals surface area contributed by atoms with Crippen LogP contribution in [0.15, 0.2) is 15.6 Å². The Hall–Kier alpha value is -1.54. The molecule has 0 unspecified atom stereocenters. The lowest BCUT2D eigenvalue weighted by Crippen LogP contribution is -2.36. The maximum Gasteiger partial charge on any atom is 0.285 e. The van der Waals surface area contributed by atoms with Crippen molar-refractivity contribution in [2.45, 2.75) is 37.8 Å². The van der Waals surface area contributed by atoms with Crippen molar-refractivity contribution in [3.05, 3.63) is 21.2 Å². The van der Waals surface area contributed by atoms with E-state index in [-0.39, 0.29) is 10.2 Å². The van der Waals surface area contributed by atoms with Crippen LogP contribution in [0.3, 0.4) is 0 Å². The molecule has 23 heavy (non-hydrogen) atoms. The predicted octanol–water partition coefficient (Wildman–Crippen LogP) is 1.77. The quantitative estimate of drug-likeness (QED) is 0.874. The molecule has 1 aliphatic rings. The van der Waals surface area contributed by atoms with Gasteiger partial charge < -0.3 is 10.2 Å². The summed E-state index contributed by atoms with van der Waals surface area (Å²) in [4.78, 5) is 27.2. The highest BCUT2D eigenvalue weighted by atomic mass is 79.9. The van der Waals surface area contributed by atoms with E-state index in [0.29, 0.717) is 29.2 Å². The summed E-state index contributed by atoms with van der Waals surface area (Å²) >= 11 is 3.16. The molecule has 124 valence electrons. The van der Waals surface area contributed by atoms with Crippen LogP contribution in [0.5, 0.6) is 0 Å². The molecular formula is C15H21BrN6O. The first-order valence-electron chi connectivity index (χ1n) is 7.78. The molecule has 0 saturated heterocycles. The van der Waals surface area contributed by atoms with Crippen LogP contribution in [0.4, 0.5) is 5.95 Å². The number of anilines is 1. The van der Waals surface area contributed by atoms with Gasteiger partial charge in [-0.25, -0.2) is 9.97 Å². The van der Waals surface area contributed by atoms with Crippen LogP contribution < -0.4 is 10.9 Å². The second-order valence-electron chi connectivity index (χ2n) is 6.28. The van der Waals surface area contributed by atoms with E-state index >= 15 is 0 Å². The van der Waals surface area contributed by atoms with E-state index in [2.05, 4.69) is 55.2 Å². The molecule has 1 saturated carbocycles. The molecule has 0 aromatic carbocycles. The number of nitrogens with zero attached hydrogens (tertiary/aromatic N) is 5. The van der Waals surface area contributed by atoms with Crippen LogP contribution in [-0.4, -0.2) is 50.6 Å². The lowest BCUT2D eigenvalue weighted by molar-refractivity contribution is 0.221. The van der Waals surface area contributed by atoms with Crippen LogP contribution >= 0.6 is 15.9 Å². The predicted molar refractivity (Wildman–Crippen MR) is 93.6 cm³/mol. The zero-order valence-corrected chi connectivity index (χ0v) is 15.2. The third-order valence-electron chi connectivity index (χ3n) is 4.53. The van der Waals surface area contributed by atoms with E-state index in [9.17, 15) is 4.79 Å². The van der Waals surface area contributed by atoms with E-state index in [1.54, 1.807) is 13.2 Å². The van der Waals surface area contributed by atoms with Crippen molar-refractivity contribution in [2.75, 3.05) is 19.4 Å². The molecule has 1 N–H and O–H groups in total. The molecular weight excluding hydrogens is 360 g/mol. The Labute approximate surface area is 143 Å². The molecule has 2 heterocycles. The van der Waals surface area contributed by atoms with Crippen LogP contribution in [0, 0.1) is 0 Å². The van der Waals surface area contributed by atoms with Gasteiger partial charge in [0, 0.05) is 19.1 Å². The number of halogens is 1. The van der Waals surface area contributed by atoms with Gasteiger partial charge in [0.25, 0.3) is 5.56 Å². The Kier molecular flexibility index (Phi) is 4.63. The van der Waals surface area contributed by atoms with Gasteiger partial charge in [0.2, 0.25) is 5.95 Å². The molecule has 3 rings (SSSR count). The van der Waals surface area contributed by atoms with Crippen molar-refractivity contribution in [3.8, 4) is 0 Å². The van der Waals surface area contributed by atoms with Gasteiger partial charge in [-0.15, -0.1) is 0 Å². The number of hydrogen-bond acceptors (Lipinski definition) is 6. The second kappa shape index (κ2) is 6.52.